The molecule has 3 atom stereocenters. The molecule has 0 bridgehead atoms. The molecule has 0 amide bonds. The number of carbonyl (C=O) groups is 1. The van der Waals surface area contributed by atoms with Gasteiger partial charge in [0.25, 0.3) is 0 Å². The van der Waals surface area contributed by atoms with Crippen molar-refractivity contribution in [3.63, 3.8) is 0 Å². The van der Waals surface area contributed by atoms with Gasteiger partial charge in [0, 0.05) is 10.8 Å². The smallest absolute Gasteiger partial charge is 0.165 e. The van der Waals surface area contributed by atoms with Crippen molar-refractivity contribution in [3.05, 3.63) is 11.1 Å². The highest BCUT2D eigenvalue weighted by atomic mass is 16.1. The summed E-state index contributed by atoms with van der Waals surface area (Å²) in [5.41, 5.74) is 2.47. The molecule has 0 heterocycles. The zero-order valence-electron chi connectivity index (χ0n) is 8.49. The van der Waals surface area contributed by atoms with Gasteiger partial charge < -0.3 is 0 Å². The minimum Gasteiger partial charge on any atom is -0.294 e. The zero-order valence-corrected chi connectivity index (χ0v) is 8.49. The van der Waals surface area contributed by atoms with Gasteiger partial charge in [0.05, 0.1) is 0 Å². The summed E-state index contributed by atoms with van der Waals surface area (Å²) in [4.78, 5) is 11.8. The summed E-state index contributed by atoms with van der Waals surface area (Å²) in [6.45, 7) is 10.6. The zero-order chi connectivity index (χ0) is 9.31. The molecule has 0 saturated heterocycles. The molecule has 2 rings (SSSR count). The Balaban J connectivity index is 2.59. The van der Waals surface area contributed by atoms with Crippen LogP contribution in [0.3, 0.4) is 0 Å². The van der Waals surface area contributed by atoms with Crippen LogP contribution in [0.4, 0.5) is 0 Å². The Morgan fingerprint density at radius 1 is 1.17 bits per heavy atom. The molecular formula is C11H16O. The predicted octanol–water partition coefficient (Wildman–Crippen LogP) is 2.57. The third-order valence-corrected chi connectivity index (χ3v) is 4.88. The highest BCUT2D eigenvalue weighted by Gasteiger charge is 2.76. The van der Waals surface area contributed by atoms with Crippen molar-refractivity contribution in [2.45, 2.75) is 34.6 Å². The SMILES string of the molecule is CC1=C(C)C2(C)C(C)C2(C)C1=O. The van der Waals surface area contributed by atoms with E-state index in [1.54, 1.807) is 0 Å². The normalized spacial score (nSPS) is 51.4. The van der Waals surface area contributed by atoms with Crippen molar-refractivity contribution < 1.29 is 4.79 Å². The Morgan fingerprint density at radius 2 is 1.67 bits per heavy atom. The lowest BCUT2D eigenvalue weighted by atomic mass is 9.95. The predicted molar refractivity (Wildman–Crippen MR) is 48.8 cm³/mol. The van der Waals surface area contributed by atoms with Crippen LogP contribution in [0.15, 0.2) is 11.1 Å². The molecule has 3 unspecified atom stereocenters. The number of hydrogen-bond donors (Lipinski definition) is 0. The number of rotatable bonds is 0. The number of Topliss-reactive ketones (excluding diaryl/α,β-unsaturated/α-hetero) is 1. The molecule has 0 spiro atoms. The second-order valence-corrected chi connectivity index (χ2v) is 4.71. The van der Waals surface area contributed by atoms with Crippen LogP contribution in [0.2, 0.25) is 0 Å². The average molecular weight is 164 g/mol. The quantitative estimate of drug-likeness (QED) is 0.537. The molecule has 12 heavy (non-hydrogen) atoms. The Morgan fingerprint density at radius 3 is 1.92 bits per heavy atom. The molecular weight excluding hydrogens is 148 g/mol. The number of fused-ring (bicyclic) bond motifs is 1. The van der Waals surface area contributed by atoms with Gasteiger partial charge in [0.1, 0.15) is 0 Å². The molecule has 0 aromatic heterocycles. The molecule has 0 radical (unpaired) electrons. The van der Waals surface area contributed by atoms with E-state index >= 15 is 0 Å². The maximum absolute atomic E-state index is 11.8. The lowest BCUT2D eigenvalue weighted by molar-refractivity contribution is -0.120. The van der Waals surface area contributed by atoms with Crippen LogP contribution in [0.1, 0.15) is 34.6 Å². The molecule has 1 nitrogen and oxygen atoms in total. The van der Waals surface area contributed by atoms with Crippen molar-refractivity contribution in [1.82, 2.24) is 0 Å². The number of ketones is 1. The Kier molecular flexibility index (Phi) is 1.13. The Bertz CT molecular complexity index is 313. The van der Waals surface area contributed by atoms with E-state index in [9.17, 15) is 4.79 Å². The summed E-state index contributed by atoms with van der Waals surface area (Å²) in [6, 6.07) is 0. The lowest BCUT2D eigenvalue weighted by Gasteiger charge is -2.08. The van der Waals surface area contributed by atoms with Crippen LogP contribution >= 0.6 is 0 Å². The van der Waals surface area contributed by atoms with Gasteiger partial charge >= 0.3 is 0 Å². The number of allylic oxidation sites excluding steroid dienone is 2. The largest absolute Gasteiger partial charge is 0.294 e. The standard InChI is InChI=1S/C11H16O/c1-6-7(2)10(4)8(3)11(10,5)9(6)12/h8H,1-5H3. The van der Waals surface area contributed by atoms with E-state index in [0.29, 0.717) is 11.7 Å². The van der Waals surface area contributed by atoms with Gasteiger partial charge in [0.2, 0.25) is 0 Å². The average Bonchev–Trinajstić information content (AvgIpc) is 2.45. The fourth-order valence-electron chi connectivity index (χ4n) is 3.15. The summed E-state index contributed by atoms with van der Waals surface area (Å²) in [7, 11) is 0. The maximum atomic E-state index is 11.8. The number of hydrogen-bond acceptors (Lipinski definition) is 1. The van der Waals surface area contributed by atoms with Crippen LogP contribution in [-0.2, 0) is 4.79 Å². The second kappa shape index (κ2) is 1.68. The first-order valence-electron chi connectivity index (χ1n) is 4.61. The molecule has 0 aliphatic heterocycles. The monoisotopic (exact) mass is 164 g/mol. The van der Waals surface area contributed by atoms with E-state index in [2.05, 4.69) is 27.7 Å². The minimum absolute atomic E-state index is 0.0544. The van der Waals surface area contributed by atoms with Crippen molar-refractivity contribution in [3.8, 4) is 0 Å². The van der Waals surface area contributed by atoms with E-state index in [4.69, 9.17) is 0 Å². The second-order valence-electron chi connectivity index (χ2n) is 4.71. The van der Waals surface area contributed by atoms with Gasteiger partial charge in [0.15, 0.2) is 5.78 Å². The van der Waals surface area contributed by atoms with Gasteiger partial charge in [-0.05, 0) is 25.3 Å². The molecule has 0 N–H and O–H groups in total. The van der Waals surface area contributed by atoms with Gasteiger partial charge in [-0.1, -0.05) is 26.3 Å². The van der Waals surface area contributed by atoms with Gasteiger partial charge in [-0.3, -0.25) is 4.79 Å². The molecule has 1 heteroatoms. The molecule has 1 fully saturated rings. The molecule has 2 aliphatic rings. The highest BCUT2D eigenvalue weighted by Crippen LogP contribution is 2.76. The van der Waals surface area contributed by atoms with Crippen molar-refractivity contribution >= 4 is 5.78 Å². The summed E-state index contributed by atoms with van der Waals surface area (Å²) < 4.78 is 0. The van der Waals surface area contributed by atoms with E-state index in [1.807, 2.05) is 6.92 Å². The molecule has 66 valence electrons. The fourth-order valence-corrected chi connectivity index (χ4v) is 3.15. The lowest BCUT2D eigenvalue weighted by Crippen LogP contribution is -2.13. The first kappa shape index (κ1) is 8.03. The van der Waals surface area contributed by atoms with Crippen molar-refractivity contribution in [2.24, 2.45) is 16.7 Å². The third-order valence-electron chi connectivity index (χ3n) is 4.88. The topological polar surface area (TPSA) is 17.1 Å². The van der Waals surface area contributed by atoms with E-state index < -0.39 is 0 Å². The number of carbonyl (C=O) groups excluding carboxylic acids is 1. The van der Waals surface area contributed by atoms with Crippen LogP contribution < -0.4 is 0 Å². The highest BCUT2D eigenvalue weighted by molar-refractivity contribution is 6.07. The van der Waals surface area contributed by atoms with Crippen molar-refractivity contribution in [2.75, 3.05) is 0 Å². The van der Waals surface area contributed by atoms with E-state index in [-0.39, 0.29) is 10.8 Å². The molecule has 0 aromatic rings. The van der Waals surface area contributed by atoms with Crippen LogP contribution in [0.5, 0.6) is 0 Å². The van der Waals surface area contributed by atoms with Crippen molar-refractivity contribution in [1.29, 1.82) is 0 Å². The van der Waals surface area contributed by atoms with Crippen LogP contribution in [-0.4, -0.2) is 5.78 Å². The third kappa shape index (κ3) is 0.451. The Labute approximate surface area is 73.8 Å². The maximum Gasteiger partial charge on any atom is 0.165 e. The molecule has 1 saturated carbocycles. The van der Waals surface area contributed by atoms with E-state index in [0.717, 1.165) is 5.57 Å². The Hall–Kier alpha value is -0.590. The van der Waals surface area contributed by atoms with Crippen LogP contribution in [0.25, 0.3) is 0 Å². The summed E-state index contributed by atoms with van der Waals surface area (Å²) in [5.74, 6) is 0.927. The van der Waals surface area contributed by atoms with Gasteiger partial charge in [-0.15, -0.1) is 0 Å². The molecule has 0 aromatic carbocycles. The van der Waals surface area contributed by atoms with Gasteiger partial charge in [-0.2, -0.15) is 0 Å². The first-order valence-corrected chi connectivity index (χ1v) is 4.61. The first-order chi connectivity index (χ1) is 5.38. The minimum atomic E-state index is -0.0544. The van der Waals surface area contributed by atoms with E-state index in [1.165, 1.54) is 5.57 Å². The molecule has 2 aliphatic carbocycles. The summed E-state index contributed by atoms with van der Waals surface area (Å²) in [5, 5.41) is 0. The van der Waals surface area contributed by atoms with Crippen LogP contribution in [0, 0.1) is 16.7 Å². The van der Waals surface area contributed by atoms with Gasteiger partial charge in [-0.25, -0.2) is 0 Å². The summed E-state index contributed by atoms with van der Waals surface area (Å²) in [6.07, 6.45) is 0. The summed E-state index contributed by atoms with van der Waals surface area (Å²) >= 11 is 0. The fraction of sp³-hybridized carbons (Fsp3) is 0.727.